The van der Waals surface area contributed by atoms with E-state index in [2.05, 4.69) is 11.8 Å². The number of rotatable bonds is 8. The van der Waals surface area contributed by atoms with Crippen LogP contribution in [-0.2, 0) is 17.8 Å². The van der Waals surface area contributed by atoms with Crippen molar-refractivity contribution in [2.24, 2.45) is 4.99 Å². The minimum absolute atomic E-state index is 0.105. The number of anilines is 1. The highest BCUT2D eigenvalue weighted by Gasteiger charge is 2.38. The van der Waals surface area contributed by atoms with Gasteiger partial charge in [-0.05, 0) is 48.4 Å². The van der Waals surface area contributed by atoms with Gasteiger partial charge in [0, 0.05) is 13.0 Å². The Kier molecular flexibility index (Phi) is 6.46. The minimum atomic E-state index is -0.525. The second kappa shape index (κ2) is 9.60. The quantitative estimate of drug-likeness (QED) is 0.514. The molecule has 1 aromatic heterocycles. The fraction of sp³-hybridized carbons (Fsp3) is 0.280. The molecule has 1 aliphatic heterocycles. The number of furan rings is 1. The van der Waals surface area contributed by atoms with Crippen LogP contribution < -0.4 is 4.90 Å². The molecule has 1 unspecified atom stereocenters. The van der Waals surface area contributed by atoms with Gasteiger partial charge in [-0.2, -0.15) is 0 Å². The van der Waals surface area contributed by atoms with E-state index in [-0.39, 0.29) is 11.7 Å². The first-order valence-corrected chi connectivity index (χ1v) is 10.6. The zero-order chi connectivity index (χ0) is 21.6. The van der Waals surface area contributed by atoms with Crippen LogP contribution in [0.1, 0.15) is 31.1 Å². The van der Waals surface area contributed by atoms with Gasteiger partial charge in [0.05, 0.1) is 18.5 Å². The summed E-state index contributed by atoms with van der Waals surface area (Å²) in [5, 5.41) is 0. The van der Waals surface area contributed by atoms with Crippen molar-refractivity contribution in [2.75, 3.05) is 11.4 Å². The van der Waals surface area contributed by atoms with E-state index in [0.29, 0.717) is 24.6 Å². The van der Waals surface area contributed by atoms with Gasteiger partial charge in [-0.3, -0.25) is 4.79 Å². The van der Waals surface area contributed by atoms with Crippen molar-refractivity contribution < 1.29 is 13.6 Å². The first kappa shape index (κ1) is 20.8. The van der Waals surface area contributed by atoms with Crippen LogP contribution in [0.15, 0.2) is 82.4 Å². The molecule has 1 amide bonds. The lowest BCUT2D eigenvalue weighted by molar-refractivity contribution is -0.118. The third-order valence-corrected chi connectivity index (χ3v) is 5.32. The van der Waals surface area contributed by atoms with Crippen LogP contribution in [-0.4, -0.2) is 29.4 Å². The zero-order valence-corrected chi connectivity index (χ0v) is 17.6. The molecule has 1 aliphatic rings. The Morgan fingerprint density at radius 2 is 1.84 bits per heavy atom. The number of nitrogens with zero attached hydrogens (tertiary/aromatic N) is 3. The van der Waals surface area contributed by atoms with Crippen LogP contribution in [0.2, 0.25) is 0 Å². The second-order valence-electron chi connectivity index (χ2n) is 7.64. The predicted molar refractivity (Wildman–Crippen MR) is 119 cm³/mol. The summed E-state index contributed by atoms with van der Waals surface area (Å²) in [6.07, 6.45) is 4.13. The van der Waals surface area contributed by atoms with Crippen LogP contribution in [0, 0.1) is 5.82 Å². The Bertz CT molecular complexity index is 1020. The van der Waals surface area contributed by atoms with E-state index in [1.165, 1.54) is 12.1 Å². The molecule has 6 heteroatoms. The Hall–Kier alpha value is -3.41. The SMILES string of the molecule is CCCCN(Cc1ccco1)C1=NC(Cc2ccccc2)C(=O)N1c1ccc(F)cc1. The molecule has 0 fully saturated rings. The van der Waals surface area contributed by atoms with Gasteiger partial charge in [-0.15, -0.1) is 0 Å². The lowest BCUT2D eigenvalue weighted by atomic mass is 10.1. The van der Waals surface area contributed by atoms with Crippen molar-refractivity contribution in [3.8, 4) is 0 Å². The van der Waals surface area contributed by atoms with Crippen molar-refractivity contribution in [3.05, 3.63) is 90.1 Å². The lowest BCUT2D eigenvalue weighted by Crippen LogP contribution is -2.45. The molecule has 0 radical (unpaired) electrons. The maximum absolute atomic E-state index is 13.6. The monoisotopic (exact) mass is 419 g/mol. The van der Waals surface area contributed by atoms with Gasteiger partial charge in [0.2, 0.25) is 5.96 Å². The second-order valence-corrected chi connectivity index (χ2v) is 7.64. The van der Waals surface area contributed by atoms with Gasteiger partial charge in [-0.1, -0.05) is 43.7 Å². The Labute approximate surface area is 181 Å². The number of carbonyl (C=O) groups excluding carboxylic acids is 1. The van der Waals surface area contributed by atoms with Crippen molar-refractivity contribution in [2.45, 2.75) is 38.8 Å². The molecule has 160 valence electrons. The van der Waals surface area contributed by atoms with Crippen molar-refractivity contribution in [3.63, 3.8) is 0 Å². The molecule has 31 heavy (non-hydrogen) atoms. The van der Waals surface area contributed by atoms with E-state index in [0.717, 1.165) is 30.7 Å². The topological polar surface area (TPSA) is 49.1 Å². The highest BCUT2D eigenvalue weighted by atomic mass is 19.1. The van der Waals surface area contributed by atoms with Crippen molar-refractivity contribution in [1.29, 1.82) is 0 Å². The average Bonchev–Trinajstić information content (AvgIpc) is 3.41. The maximum Gasteiger partial charge on any atom is 0.259 e. The predicted octanol–water partition coefficient (Wildman–Crippen LogP) is 5.03. The fourth-order valence-corrected chi connectivity index (χ4v) is 3.72. The number of unbranched alkanes of at least 4 members (excludes halogenated alkanes) is 1. The number of hydrogen-bond donors (Lipinski definition) is 0. The van der Waals surface area contributed by atoms with Gasteiger partial charge in [-0.25, -0.2) is 14.3 Å². The summed E-state index contributed by atoms with van der Waals surface area (Å²) in [6.45, 7) is 3.37. The summed E-state index contributed by atoms with van der Waals surface area (Å²) in [6, 6.07) is 19.1. The summed E-state index contributed by atoms with van der Waals surface area (Å²) in [5.74, 6) is 0.943. The maximum atomic E-state index is 13.6. The molecule has 0 bridgehead atoms. The van der Waals surface area contributed by atoms with Crippen LogP contribution >= 0.6 is 0 Å². The molecule has 4 rings (SSSR count). The van der Waals surface area contributed by atoms with Crippen LogP contribution in [0.25, 0.3) is 0 Å². The molecule has 2 aromatic carbocycles. The molecule has 0 aliphatic carbocycles. The fourth-order valence-electron chi connectivity index (χ4n) is 3.72. The number of hydrogen-bond acceptors (Lipinski definition) is 4. The zero-order valence-electron chi connectivity index (χ0n) is 17.6. The first-order chi connectivity index (χ1) is 15.2. The molecule has 1 atom stereocenters. The smallest absolute Gasteiger partial charge is 0.259 e. The van der Waals surface area contributed by atoms with Crippen LogP contribution in [0.3, 0.4) is 0 Å². The van der Waals surface area contributed by atoms with E-state index < -0.39 is 6.04 Å². The highest BCUT2D eigenvalue weighted by molar-refractivity contribution is 6.22. The molecule has 0 saturated heterocycles. The summed E-state index contributed by atoms with van der Waals surface area (Å²) < 4.78 is 19.1. The third-order valence-electron chi connectivity index (χ3n) is 5.32. The first-order valence-electron chi connectivity index (χ1n) is 10.6. The largest absolute Gasteiger partial charge is 0.467 e. The molecular formula is C25H26FN3O2. The number of aliphatic imine (C=N–C) groups is 1. The standard InChI is InChI=1S/C25H26FN3O2/c1-2-3-15-28(18-22-10-7-16-31-22)25-27-23(17-19-8-5-4-6-9-19)24(30)29(25)21-13-11-20(26)12-14-21/h4-14,16,23H,2-3,15,17-18H2,1H3. The van der Waals surface area contributed by atoms with E-state index >= 15 is 0 Å². The molecule has 2 heterocycles. The van der Waals surface area contributed by atoms with Gasteiger partial charge >= 0.3 is 0 Å². The normalized spacial score (nSPS) is 15.9. The minimum Gasteiger partial charge on any atom is -0.467 e. The number of amides is 1. The molecule has 0 spiro atoms. The number of guanidine groups is 1. The highest BCUT2D eigenvalue weighted by Crippen LogP contribution is 2.26. The van der Waals surface area contributed by atoms with E-state index in [1.54, 1.807) is 23.3 Å². The molecule has 5 nitrogen and oxygen atoms in total. The van der Waals surface area contributed by atoms with Gasteiger partial charge in [0.15, 0.2) is 0 Å². The summed E-state index contributed by atoms with van der Waals surface area (Å²) >= 11 is 0. The van der Waals surface area contributed by atoms with E-state index in [4.69, 9.17) is 9.41 Å². The third kappa shape index (κ3) is 4.85. The van der Waals surface area contributed by atoms with Gasteiger partial charge < -0.3 is 9.32 Å². The summed E-state index contributed by atoms with van der Waals surface area (Å²) in [7, 11) is 0. The lowest BCUT2D eigenvalue weighted by Gasteiger charge is -2.29. The Balaban J connectivity index is 1.69. The van der Waals surface area contributed by atoms with E-state index in [1.807, 2.05) is 42.5 Å². The van der Waals surface area contributed by atoms with Crippen LogP contribution in [0.5, 0.6) is 0 Å². The van der Waals surface area contributed by atoms with Crippen molar-refractivity contribution >= 4 is 17.6 Å². The van der Waals surface area contributed by atoms with Gasteiger partial charge in [0.1, 0.15) is 17.6 Å². The summed E-state index contributed by atoms with van der Waals surface area (Å²) in [4.78, 5) is 22.0. The van der Waals surface area contributed by atoms with Gasteiger partial charge in [0.25, 0.3) is 5.91 Å². The van der Waals surface area contributed by atoms with Crippen molar-refractivity contribution in [1.82, 2.24) is 4.90 Å². The molecule has 3 aromatic rings. The average molecular weight is 420 g/mol. The van der Waals surface area contributed by atoms with E-state index in [9.17, 15) is 9.18 Å². The molecule has 0 saturated carbocycles. The number of carbonyl (C=O) groups is 1. The number of benzene rings is 2. The molecular weight excluding hydrogens is 393 g/mol. The Morgan fingerprint density at radius 1 is 1.06 bits per heavy atom. The number of halogens is 1. The van der Waals surface area contributed by atoms with Crippen LogP contribution in [0.4, 0.5) is 10.1 Å². The molecule has 0 N–H and O–H groups in total. The Morgan fingerprint density at radius 3 is 2.52 bits per heavy atom. The summed E-state index contributed by atoms with van der Waals surface area (Å²) in [5.41, 5.74) is 1.66.